The molecule has 2 aliphatic rings. The van der Waals surface area contributed by atoms with E-state index in [1.165, 1.54) is 24.8 Å². The average molecular weight is 199 g/mol. The molecule has 2 atom stereocenters. The second-order valence-electron chi connectivity index (χ2n) is 4.61. The molecule has 0 radical (unpaired) electrons. The van der Waals surface area contributed by atoms with Crippen LogP contribution in [0.4, 0.5) is 0 Å². The first kappa shape index (κ1) is 9.17. The van der Waals surface area contributed by atoms with Gasteiger partial charge in [0, 0.05) is 18.6 Å². The van der Waals surface area contributed by atoms with Gasteiger partial charge in [0.05, 0.1) is 0 Å². The Morgan fingerprint density at radius 3 is 2.33 bits per heavy atom. The number of fused-ring (bicyclic) bond motifs is 2. The van der Waals surface area contributed by atoms with Crippen LogP contribution in [0.3, 0.4) is 0 Å². The second-order valence-corrected chi connectivity index (χ2v) is 4.61. The molecular formula is C14H17N. The van der Waals surface area contributed by atoms with E-state index >= 15 is 0 Å². The van der Waals surface area contributed by atoms with Crippen LogP contribution in [0, 0.1) is 0 Å². The van der Waals surface area contributed by atoms with Crippen molar-refractivity contribution in [2.45, 2.75) is 37.9 Å². The fraction of sp³-hybridized carbons (Fsp3) is 0.429. The first-order valence-corrected chi connectivity index (χ1v) is 5.91. The number of benzene rings is 1. The lowest BCUT2D eigenvalue weighted by Gasteiger charge is -2.34. The summed E-state index contributed by atoms with van der Waals surface area (Å²) in [6.45, 7) is 1.11. The van der Waals surface area contributed by atoms with Crippen molar-refractivity contribution in [1.82, 2.24) is 4.90 Å². The highest BCUT2D eigenvalue weighted by Gasteiger charge is 2.31. The van der Waals surface area contributed by atoms with Crippen LogP contribution in [0.2, 0.25) is 0 Å². The first-order chi connectivity index (χ1) is 7.43. The summed E-state index contributed by atoms with van der Waals surface area (Å²) >= 11 is 0. The van der Waals surface area contributed by atoms with Crippen LogP contribution in [0.25, 0.3) is 0 Å². The monoisotopic (exact) mass is 199 g/mol. The minimum Gasteiger partial charge on any atom is -0.286 e. The highest BCUT2D eigenvalue weighted by molar-refractivity contribution is 5.19. The van der Waals surface area contributed by atoms with Crippen LogP contribution >= 0.6 is 0 Å². The van der Waals surface area contributed by atoms with Gasteiger partial charge in [0.15, 0.2) is 0 Å². The van der Waals surface area contributed by atoms with Gasteiger partial charge in [0.2, 0.25) is 0 Å². The van der Waals surface area contributed by atoms with Crippen molar-refractivity contribution in [3.05, 3.63) is 48.0 Å². The minimum absolute atomic E-state index is 0.712. The highest BCUT2D eigenvalue weighted by Crippen LogP contribution is 2.31. The Kier molecular flexibility index (Phi) is 2.34. The van der Waals surface area contributed by atoms with Gasteiger partial charge in [-0.05, 0) is 24.8 Å². The van der Waals surface area contributed by atoms with E-state index in [1.54, 1.807) is 0 Å². The van der Waals surface area contributed by atoms with Crippen molar-refractivity contribution in [2.24, 2.45) is 0 Å². The molecule has 2 unspecified atom stereocenters. The van der Waals surface area contributed by atoms with Crippen LogP contribution in [0.15, 0.2) is 42.5 Å². The maximum Gasteiger partial charge on any atom is 0.0288 e. The van der Waals surface area contributed by atoms with Crippen LogP contribution in [-0.4, -0.2) is 17.0 Å². The molecule has 78 valence electrons. The smallest absolute Gasteiger partial charge is 0.0288 e. The zero-order valence-electron chi connectivity index (χ0n) is 8.97. The molecule has 1 nitrogen and oxygen atoms in total. The number of piperidine rings is 1. The zero-order valence-corrected chi connectivity index (χ0v) is 8.97. The molecule has 1 saturated heterocycles. The third-order valence-electron chi connectivity index (χ3n) is 3.62. The average Bonchev–Trinajstić information content (AvgIpc) is 2.53. The number of nitrogens with zero attached hydrogens (tertiary/aromatic N) is 1. The summed E-state index contributed by atoms with van der Waals surface area (Å²) in [5.74, 6) is 0. The summed E-state index contributed by atoms with van der Waals surface area (Å²) in [5, 5.41) is 0. The van der Waals surface area contributed by atoms with Gasteiger partial charge < -0.3 is 0 Å². The lowest BCUT2D eigenvalue weighted by atomic mass is 10.0. The van der Waals surface area contributed by atoms with Gasteiger partial charge in [-0.1, -0.05) is 42.5 Å². The quantitative estimate of drug-likeness (QED) is 0.662. The van der Waals surface area contributed by atoms with Gasteiger partial charge >= 0.3 is 0 Å². The predicted octanol–water partition coefficient (Wildman–Crippen LogP) is 2.98. The standard InChI is InChI=1S/C14H17N/c1-2-5-12(6-3-1)11-15-13-7-4-8-14(15)10-9-13/h1-3,5-6,9-10,13-14H,4,7-8,11H2. The molecule has 1 fully saturated rings. The highest BCUT2D eigenvalue weighted by atomic mass is 15.2. The molecule has 0 aliphatic carbocycles. The number of hydrogen-bond acceptors (Lipinski definition) is 1. The Morgan fingerprint density at radius 1 is 1.00 bits per heavy atom. The summed E-state index contributed by atoms with van der Waals surface area (Å²) in [7, 11) is 0. The van der Waals surface area contributed by atoms with Crippen molar-refractivity contribution in [1.29, 1.82) is 0 Å². The van der Waals surface area contributed by atoms with Crippen LogP contribution in [-0.2, 0) is 6.54 Å². The van der Waals surface area contributed by atoms with E-state index < -0.39 is 0 Å². The molecule has 2 heterocycles. The fourth-order valence-electron chi connectivity index (χ4n) is 2.81. The summed E-state index contributed by atoms with van der Waals surface area (Å²) in [4.78, 5) is 2.64. The van der Waals surface area contributed by atoms with E-state index in [2.05, 4.69) is 47.4 Å². The molecule has 0 spiro atoms. The van der Waals surface area contributed by atoms with E-state index in [4.69, 9.17) is 0 Å². The Hall–Kier alpha value is -1.08. The molecule has 2 bridgehead atoms. The van der Waals surface area contributed by atoms with Crippen molar-refractivity contribution < 1.29 is 0 Å². The van der Waals surface area contributed by atoms with Crippen LogP contribution in [0.1, 0.15) is 24.8 Å². The van der Waals surface area contributed by atoms with E-state index in [1.807, 2.05) is 0 Å². The Labute approximate surface area is 91.4 Å². The zero-order chi connectivity index (χ0) is 10.1. The van der Waals surface area contributed by atoms with E-state index in [9.17, 15) is 0 Å². The minimum atomic E-state index is 0.712. The molecular weight excluding hydrogens is 182 g/mol. The van der Waals surface area contributed by atoms with Crippen LogP contribution in [0.5, 0.6) is 0 Å². The van der Waals surface area contributed by atoms with Gasteiger partial charge in [-0.25, -0.2) is 0 Å². The van der Waals surface area contributed by atoms with Crippen molar-refractivity contribution in [3.8, 4) is 0 Å². The molecule has 0 N–H and O–H groups in total. The van der Waals surface area contributed by atoms with Gasteiger partial charge in [-0.3, -0.25) is 4.90 Å². The SMILES string of the molecule is C1=CC2CCCC1N2Cc1ccccc1. The number of rotatable bonds is 2. The number of hydrogen-bond donors (Lipinski definition) is 0. The topological polar surface area (TPSA) is 3.24 Å². The Balaban J connectivity index is 1.75. The summed E-state index contributed by atoms with van der Waals surface area (Å²) in [6, 6.07) is 12.2. The molecule has 1 aromatic rings. The lowest BCUT2D eigenvalue weighted by molar-refractivity contribution is 0.147. The van der Waals surface area contributed by atoms with Crippen molar-refractivity contribution in [2.75, 3.05) is 0 Å². The third-order valence-corrected chi connectivity index (χ3v) is 3.62. The third kappa shape index (κ3) is 1.72. The Morgan fingerprint density at radius 2 is 1.67 bits per heavy atom. The molecule has 1 aromatic carbocycles. The predicted molar refractivity (Wildman–Crippen MR) is 62.6 cm³/mol. The molecule has 1 heteroatoms. The first-order valence-electron chi connectivity index (χ1n) is 5.91. The Bertz CT molecular complexity index is 341. The molecule has 0 amide bonds. The maximum absolute atomic E-state index is 2.64. The van der Waals surface area contributed by atoms with E-state index in [-0.39, 0.29) is 0 Å². The maximum atomic E-state index is 2.64. The van der Waals surface area contributed by atoms with Crippen molar-refractivity contribution in [3.63, 3.8) is 0 Å². The molecule has 0 aromatic heterocycles. The molecule has 15 heavy (non-hydrogen) atoms. The van der Waals surface area contributed by atoms with E-state index in [0.717, 1.165) is 6.54 Å². The lowest BCUT2D eigenvalue weighted by Crippen LogP contribution is -2.39. The van der Waals surface area contributed by atoms with Gasteiger partial charge in [0.25, 0.3) is 0 Å². The van der Waals surface area contributed by atoms with Gasteiger partial charge in [-0.2, -0.15) is 0 Å². The molecule has 2 aliphatic heterocycles. The van der Waals surface area contributed by atoms with Crippen LogP contribution < -0.4 is 0 Å². The molecule has 3 rings (SSSR count). The summed E-state index contributed by atoms with van der Waals surface area (Å²) in [5.41, 5.74) is 1.44. The second kappa shape index (κ2) is 3.82. The van der Waals surface area contributed by atoms with E-state index in [0.29, 0.717) is 12.1 Å². The molecule has 0 saturated carbocycles. The summed E-state index contributed by atoms with van der Waals surface area (Å²) < 4.78 is 0. The largest absolute Gasteiger partial charge is 0.286 e. The van der Waals surface area contributed by atoms with Gasteiger partial charge in [0.1, 0.15) is 0 Å². The summed E-state index contributed by atoms with van der Waals surface area (Å²) in [6.07, 6.45) is 8.90. The van der Waals surface area contributed by atoms with Gasteiger partial charge in [-0.15, -0.1) is 0 Å². The van der Waals surface area contributed by atoms with Crippen molar-refractivity contribution >= 4 is 0 Å². The normalized spacial score (nSPS) is 29.6. The fourth-order valence-corrected chi connectivity index (χ4v) is 2.81.